The Labute approximate surface area is 140 Å². The van der Waals surface area contributed by atoms with Crippen molar-refractivity contribution in [3.05, 3.63) is 69.3 Å². The fraction of sp³-hybridized carbons (Fsp3) is 0.118. The molecule has 0 bridgehead atoms. The topological polar surface area (TPSA) is 29.1 Å². The molecular weight excluding hydrogens is 365 g/mol. The predicted molar refractivity (Wildman–Crippen MR) is 91.8 cm³/mol. The molecule has 22 heavy (non-hydrogen) atoms. The quantitative estimate of drug-likeness (QED) is 0.659. The maximum absolute atomic E-state index is 13.2. The van der Waals surface area contributed by atoms with Gasteiger partial charge in [0.15, 0.2) is 0 Å². The fourth-order valence-corrected chi connectivity index (χ4v) is 3.44. The van der Waals surface area contributed by atoms with E-state index in [2.05, 4.69) is 21.2 Å². The zero-order valence-corrected chi connectivity index (χ0v) is 14.2. The van der Waals surface area contributed by atoms with Crippen LogP contribution in [0.1, 0.15) is 28.2 Å². The number of carbonyl (C=O) groups is 1. The first-order valence-electron chi connectivity index (χ1n) is 6.78. The van der Waals surface area contributed by atoms with Gasteiger partial charge in [0.25, 0.3) is 5.91 Å². The molecule has 1 heterocycles. The van der Waals surface area contributed by atoms with Crippen LogP contribution in [0.4, 0.5) is 4.39 Å². The molecule has 0 fully saturated rings. The molecule has 2 nitrogen and oxygen atoms in total. The van der Waals surface area contributed by atoms with E-state index in [1.807, 2.05) is 31.2 Å². The Kier molecular flexibility index (Phi) is 4.27. The molecule has 1 N–H and O–H groups in total. The number of nitrogens with one attached hydrogen (secondary N) is 1. The van der Waals surface area contributed by atoms with Crippen molar-refractivity contribution in [3.8, 4) is 0 Å². The molecule has 1 aromatic heterocycles. The van der Waals surface area contributed by atoms with Crippen molar-refractivity contribution in [3.63, 3.8) is 0 Å². The molecule has 0 spiro atoms. The number of hydrogen-bond acceptors (Lipinski definition) is 2. The van der Waals surface area contributed by atoms with Gasteiger partial charge in [-0.2, -0.15) is 0 Å². The summed E-state index contributed by atoms with van der Waals surface area (Å²) in [5.74, 6) is -0.433. The number of carbonyl (C=O) groups excluding carboxylic acids is 1. The van der Waals surface area contributed by atoms with E-state index in [1.165, 1.54) is 23.5 Å². The van der Waals surface area contributed by atoms with Crippen LogP contribution in [0.15, 0.2) is 53.0 Å². The maximum atomic E-state index is 13.2. The van der Waals surface area contributed by atoms with Gasteiger partial charge in [-0.1, -0.05) is 28.1 Å². The summed E-state index contributed by atoms with van der Waals surface area (Å²) in [4.78, 5) is 12.9. The average molecular weight is 378 g/mol. The molecule has 0 radical (unpaired) electrons. The Morgan fingerprint density at radius 3 is 2.64 bits per heavy atom. The Hall–Kier alpha value is -1.72. The third-order valence-corrected chi connectivity index (χ3v) is 5.06. The van der Waals surface area contributed by atoms with E-state index >= 15 is 0 Å². The van der Waals surface area contributed by atoms with Crippen LogP contribution >= 0.6 is 27.3 Å². The highest BCUT2D eigenvalue weighted by molar-refractivity contribution is 9.10. The van der Waals surface area contributed by atoms with Gasteiger partial charge in [0.2, 0.25) is 0 Å². The summed E-state index contributed by atoms with van der Waals surface area (Å²) in [5.41, 5.74) is 1.03. The van der Waals surface area contributed by atoms with E-state index in [0.717, 1.165) is 20.1 Å². The Morgan fingerprint density at radius 1 is 1.18 bits per heavy atom. The monoisotopic (exact) mass is 377 g/mol. The Bertz CT molecular complexity index is 828. The molecule has 0 aliphatic rings. The largest absolute Gasteiger partial charge is 0.345 e. The second-order valence-electron chi connectivity index (χ2n) is 5.04. The fourth-order valence-electron chi connectivity index (χ4n) is 2.23. The lowest BCUT2D eigenvalue weighted by atomic mass is 10.1. The second-order valence-corrected chi connectivity index (χ2v) is 7.04. The van der Waals surface area contributed by atoms with Crippen molar-refractivity contribution >= 4 is 43.3 Å². The van der Waals surface area contributed by atoms with Crippen molar-refractivity contribution in [2.45, 2.75) is 13.0 Å². The van der Waals surface area contributed by atoms with Crippen LogP contribution in [-0.4, -0.2) is 5.91 Å². The summed E-state index contributed by atoms with van der Waals surface area (Å²) in [6.07, 6.45) is 0. The summed E-state index contributed by atoms with van der Waals surface area (Å²) in [6.45, 7) is 1.94. The van der Waals surface area contributed by atoms with Crippen molar-refractivity contribution in [1.29, 1.82) is 0 Å². The second kappa shape index (κ2) is 6.18. The highest BCUT2D eigenvalue weighted by Gasteiger charge is 2.14. The third kappa shape index (κ3) is 3.20. The lowest BCUT2D eigenvalue weighted by Crippen LogP contribution is -2.25. The van der Waals surface area contributed by atoms with Crippen LogP contribution in [0.2, 0.25) is 0 Å². The van der Waals surface area contributed by atoms with Gasteiger partial charge in [-0.05, 0) is 54.3 Å². The molecule has 2 aromatic carbocycles. The molecule has 1 amide bonds. The van der Waals surface area contributed by atoms with Crippen molar-refractivity contribution in [2.75, 3.05) is 0 Å². The van der Waals surface area contributed by atoms with Crippen molar-refractivity contribution in [1.82, 2.24) is 5.32 Å². The van der Waals surface area contributed by atoms with E-state index < -0.39 is 0 Å². The molecule has 5 heteroatoms. The smallest absolute Gasteiger partial charge is 0.261 e. The van der Waals surface area contributed by atoms with Gasteiger partial charge >= 0.3 is 0 Å². The minimum atomic E-state index is -0.291. The molecule has 0 aliphatic heterocycles. The molecule has 0 saturated carbocycles. The summed E-state index contributed by atoms with van der Waals surface area (Å²) >= 11 is 4.76. The van der Waals surface area contributed by atoms with Crippen LogP contribution in [0.5, 0.6) is 0 Å². The predicted octanol–water partition coefficient (Wildman–Crippen LogP) is 5.29. The molecule has 0 aliphatic carbocycles. The highest BCUT2D eigenvalue weighted by Crippen LogP contribution is 2.27. The zero-order chi connectivity index (χ0) is 15.7. The zero-order valence-electron chi connectivity index (χ0n) is 11.8. The standard InChI is InChI=1S/C17H13BrFNOS/c1-10(11-2-4-13(18)5-3-11)20-17(21)16-9-12-8-14(19)6-7-15(12)22-16/h2-10H,1H3,(H,20,21). The first-order chi connectivity index (χ1) is 10.5. The number of benzene rings is 2. The first-order valence-corrected chi connectivity index (χ1v) is 8.39. The SMILES string of the molecule is CC(NC(=O)c1cc2cc(F)ccc2s1)c1ccc(Br)cc1. The van der Waals surface area contributed by atoms with E-state index in [1.54, 1.807) is 12.1 Å². The van der Waals surface area contributed by atoms with E-state index in [9.17, 15) is 9.18 Å². The number of rotatable bonds is 3. The summed E-state index contributed by atoms with van der Waals surface area (Å²) in [7, 11) is 0. The van der Waals surface area contributed by atoms with Gasteiger partial charge in [0.1, 0.15) is 5.82 Å². The minimum Gasteiger partial charge on any atom is -0.345 e. The summed E-state index contributed by atoms with van der Waals surface area (Å²) in [6, 6.07) is 14.0. The van der Waals surface area contributed by atoms with Crippen LogP contribution < -0.4 is 5.32 Å². The molecule has 0 saturated heterocycles. The molecule has 1 unspecified atom stereocenters. The lowest BCUT2D eigenvalue weighted by molar-refractivity contribution is 0.0944. The van der Waals surface area contributed by atoms with Gasteiger partial charge in [0.05, 0.1) is 10.9 Å². The minimum absolute atomic E-state index is 0.0949. The van der Waals surface area contributed by atoms with Crippen LogP contribution in [0, 0.1) is 5.82 Å². The molecule has 3 rings (SSSR count). The molecule has 3 aromatic rings. The molecule has 112 valence electrons. The molecular formula is C17H13BrFNOS. The Balaban J connectivity index is 1.79. The van der Waals surface area contributed by atoms with Gasteiger partial charge in [-0.15, -0.1) is 11.3 Å². The van der Waals surface area contributed by atoms with Crippen LogP contribution in [0.3, 0.4) is 0 Å². The number of fused-ring (bicyclic) bond motifs is 1. The van der Waals surface area contributed by atoms with E-state index in [4.69, 9.17) is 0 Å². The van der Waals surface area contributed by atoms with Crippen molar-refractivity contribution in [2.24, 2.45) is 0 Å². The third-order valence-electron chi connectivity index (χ3n) is 3.42. The van der Waals surface area contributed by atoms with E-state index in [0.29, 0.717) is 4.88 Å². The maximum Gasteiger partial charge on any atom is 0.261 e. The average Bonchev–Trinajstić information content (AvgIpc) is 2.91. The van der Waals surface area contributed by atoms with Crippen LogP contribution in [0.25, 0.3) is 10.1 Å². The number of halogens is 2. The van der Waals surface area contributed by atoms with Gasteiger partial charge in [0, 0.05) is 9.17 Å². The number of thiophene rings is 1. The van der Waals surface area contributed by atoms with Gasteiger partial charge in [-0.25, -0.2) is 4.39 Å². The van der Waals surface area contributed by atoms with Crippen molar-refractivity contribution < 1.29 is 9.18 Å². The number of hydrogen-bond donors (Lipinski definition) is 1. The highest BCUT2D eigenvalue weighted by atomic mass is 79.9. The van der Waals surface area contributed by atoms with Crippen LogP contribution in [-0.2, 0) is 0 Å². The molecule has 1 atom stereocenters. The first kappa shape index (κ1) is 15.2. The Morgan fingerprint density at radius 2 is 1.91 bits per heavy atom. The van der Waals surface area contributed by atoms with Gasteiger partial charge in [-0.3, -0.25) is 4.79 Å². The van der Waals surface area contributed by atoms with Gasteiger partial charge < -0.3 is 5.32 Å². The summed E-state index contributed by atoms with van der Waals surface area (Å²) < 4.78 is 15.1. The number of amides is 1. The summed E-state index contributed by atoms with van der Waals surface area (Å²) in [5, 5.41) is 3.73. The van der Waals surface area contributed by atoms with E-state index in [-0.39, 0.29) is 17.8 Å². The normalized spacial score (nSPS) is 12.3. The lowest BCUT2D eigenvalue weighted by Gasteiger charge is -2.13.